The van der Waals surface area contributed by atoms with Gasteiger partial charge in [0.25, 0.3) is 0 Å². The monoisotopic (exact) mass is 319 g/mol. The molecule has 3 N–H and O–H groups in total. The molecular weight excluding hydrogens is 302 g/mol. The van der Waals surface area contributed by atoms with Crippen LogP contribution >= 0.6 is 0 Å². The second-order valence-corrected chi connectivity index (χ2v) is 5.18. The maximum Gasteiger partial charge on any atom is 0.157 e. The first-order valence-corrected chi connectivity index (χ1v) is 7.41. The van der Waals surface area contributed by atoms with Crippen LogP contribution in [-0.2, 0) is 0 Å². The van der Waals surface area contributed by atoms with Crippen molar-refractivity contribution in [2.24, 2.45) is 0 Å². The minimum absolute atomic E-state index is 0.666. The Morgan fingerprint density at radius 1 is 1.21 bits per heavy atom. The van der Waals surface area contributed by atoms with Crippen LogP contribution in [0.25, 0.3) is 16.6 Å². The Hall–Kier alpha value is -3.35. The fourth-order valence-electron chi connectivity index (χ4n) is 2.24. The number of aromatic nitrogens is 4. The first-order valence-electron chi connectivity index (χ1n) is 7.41. The van der Waals surface area contributed by atoms with Crippen LogP contribution in [0.3, 0.4) is 0 Å². The third-order valence-corrected chi connectivity index (χ3v) is 3.49. The summed E-state index contributed by atoms with van der Waals surface area (Å²) in [7, 11) is 1.79. The van der Waals surface area contributed by atoms with E-state index in [0.29, 0.717) is 11.6 Å². The van der Waals surface area contributed by atoms with Gasteiger partial charge in [0.2, 0.25) is 0 Å². The zero-order chi connectivity index (χ0) is 16.9. The number of allylic oxidation sites excluding steroid dienone is 1. The number of rotatable bonds is 5. The van der Waals surface area contributed by atoms with Crippen molar-refractivity contribution in [3.8, 4) is 0 Å². The highest BCUT2D eigenvalue weighted by Gasteiger charge is 2.06. The van der Waals surface area contributed by atoms with Gasteiger partial charge in [-0.25, -0.2) is 4.98 Å². The number of fused-ring (bicyclic) bond motifs is 1. The van der Waals surface area contributed by atoms with E-state index in [4.69, 9.17) is 5.41 Å². The van der Waals surface area contributed by atoms with E-state index in [-0.39, 0.29) is 0 Å². The van der Waals surface area contributed by atoms with Crippen molar-refractivity contribution in [3.05, 3.63) is 54.0 Å². The first-order chi connectivity index (χ1) is 11.7. The molecule has 3 aromatic rings. The van der Waals surface area contributed by atoms with Gasteiger partial charge in [0, 0.05) is 36.8 Å². The average molecular weight is 319 g/mol. The van der Waals surface area contributed by atoms with Gasteiger partial charge < -0.3 is 16.0 Å². The Balaban J connectivity index is 1.99. The lowest BCUT2D eigenvalue weighted by Gasteiger charge is -2.08. The summed E-state index contributed by atoms with van der Waals surface area (Å²) in [5.41, 5.74) is 4.07. The van der Waals surface area contributed by atoms with E-state index in [1.165, 1.54) is 6.21 Å². The molecule has 0 aliphatic heterocycles. The average Bonchev–Trinajstić information content (AvgIpc) is 2.61. The van der Waals surface area contributed by atoms with Crippen LogP contribution < -0.4 is 10.6 Å². The van der Waals surface area contributed by atoms with Gasteiger partial charge in [-0.3, -0.25) is 4.98 Å². The molecule has 0 aliphatic carbocycles. The zero-order valence-corrected chi connectivity index (χ0v) is 13.4. The van der Waals surface area contributed by atoms with Crippen molar-refractivity contribution in [3.63, 3.8) is 0 Å². The predicted octanol–water partition coefficient (Wildman–Crippen LogP) is 2.68. The van der Waals surface area contributed by atoms with Crippen molar-refractivity contribution >= 4 is 34.5 Å². The second kappa shape index (κ2) is 6.82. The topological polar surface area (TPSA) is 99.5 Å². The molecule has 0 bridgehead atoms. The fraction of sp³-hybridized carbons (Fsp3) is 0.118. The molecule has 7 nitrogen and oxygen atoms in total. The number of nitrogens with zero attached hydrogens (tertiary/aromatic N) is 4. The highest BCUT2D eigenvalue weighted by atomic mass is 15.2. The highest BCUT2D eigenvalue weighted by Crippen LogP contribution is 2.20. The standard InChI is InChI=1S/C17H17N7/c1-11-5-6-21-24-17(11)23-16-4-3-14-15(22-16)7-12(10-20-14)13(8-18)9-19-2/h3-10,18-19H,1-2H3,(H,22,23,24)/b13-9+,18-8?. The van der Waals surface area contributed by atoms with Crippen LogP contribution in [0.15, 0.2) is 42.9 Å². The summed E-state index contributed by atoms with van der Waals surface area (Å²) in [5, 5.41) is 21.6. The number of aryl methyl sites for hydroxylation is 1. The summed E-state index contributed by atoms with van der Waals surface area (Å²) in [4.78, 5) is 8.99. The summed E-state index contributed by atoms with van der Waals surface area (Å²) in [5.74, 6) is 1.34. The minimum Gasteiger partial charge on any atom is -0.393 e. The SMILES string of the molecule is CN/C=C(\C=N)c1cnc2ccc(Nc3nnccc3C)nc2c1. The molecule has 0 unspecified atom stereocenters. The highest BCUT2D eigenvalue weighted by molar-refractivity contribution is 6.08. The second-order valence-electron chi connectivity index (χ2n) is 5.18. The third-order valence-electron chi connectivity index (χ3n) is 3.49. The van der Waals surface area contributed by atoms with Crippen LogP contribution in [0.5, 0.6) is 0 Å². The molecule has 24 heavy (non-hydrogen) atoms. The van der Waals surface area contributed by atoms with Crippen LogP contribution in [0.2, 0.25) is 0 Å². The largest absolute Gasteiger partial charge is 0.393 e. The maximum absolute atomic E-state index is 7.51. The molecule has 0 aromatic carbocycles. The Kier molecular flexibility index (Phi) is 4.42. The van der Waals surface area contributed by atoms with Gasteiger partial charge in [-0.05, 0) is 36.8 Å². The lowest BCUT2D eigenvalue weighted by atomic mass is 10.1. The third kappa shape index (κ3) is 3.19. The molecule has 0 saturated heterocycles. The van der Waals surface area contributed by atoms with Gasteiger partial charge in [0.15, 0.2) is 5.82 Å². The quantitative estimate of drug-likeness (QED) is 0.625. The molecule has 0 aliphatic rings. The lowest BCUT2D eigenvalue weighted by Crippen LogP contribution is -2.01. The number of pyridine rings is 2. The molecule has 0 radical (unpaired) electrons. The van der Waals surface area contributed by atoms with Crippen molar-refractivity contribution < 1.29 is 0 Å². The molecule has 0 saturated carbocycles. The molecule has 3 aromatic heterocycles. The van der Waals surface area contributed by atoms with Crippen molar-refractivity contribution in [2.45, 2.75) is 6.92 Å². The Morgan fingerprint density at radius 3 is 2.83 bits per heavy atom. The molecule has 0 fully saturated rings. The normalized spacial score (nSPS) is 11.3. The van der Waals surface area contributed by atoms with Gasteiger partial charge in [-0.2, -0.15) is 5.10 Å². The molecule has 3 rings (SSSR count). The van der Waals surface area contributed by atoms with Crippen LogP contribution in [0.1, 0.15) is 11.1 Å². The Morgan fingerprint density at radius 2 is 2.08 bits per heavy atom. The van der Waals surface area contributed by atoms with E-state index < -0.39 is 0 Å². The number of anilines is 2. The van der Waals surface area contributed by atoms with Crippen molar-refractivity contribution in [1.29, 1.82) is 5.41 Å². The molecule has 120 valence electrons. The van der Waals surface area contributed by atoms with Crippen LogP contribution in [0, 0.1) is 12.3 Å². The van der Waals surface area contributed by atoms with E-state index in [1.54, 1.807) is 25.6 Å². The lowest BCUT2D eigenvalue weighted by molar-refractivity contribution is 1.02. The Bertz CT molecular complexity index is 918. The summed E-state index contributed by atoms with van der Waals surface area (Å²) in [6.45, 7) is 1.95. The number of hydrogen-bond acceptors (Lipinski definition) is 7. The first kappa shape index (κ1) is 15.5. The van der Waals surface area contributed by atoms with Gasteiger partial charge in [-0.15, -0.1) is 5.10 Å². The molecule has 0 spiro atoms. The minimum atomic E-state index is 0.666. The van der Waals surface area contributed by atoms with Crippen molar-refractivity contribution in [1.82, 2.24) is 25.5 Å². The zero-order valence-electron chi connectivity index (χ0n) is 13.4. The fourth-order valence-corrected chi connectivity index (χ4v) is 2.24. The Labute approximate surface area is 139 Å². The summed E-state index contributed by atoms with van der Waals surface area (Å²) >= 11 is 0. The molecule has 0 amide bonds. The van der Waals surface area contributed by atoms with E-state index >= 15 is 0 Å². The molecule has 0 atom stereocenters. The van der Waals surface area contributed by atoms with E-state index in [9.17, 15) is 0 Å². The molecule has 7 heteroatoms. The van der Waals surface area contributed by atoms with E-state index in [2.05, 4.69) is 30.8 Å². The summed E-state index contributed by atoms with van der Waals surface area (Å²) < 4.78 is 0. The molecule has 3 heterocycles. The van der Waals surface area contributed by atoms with Gasteiger partial charge in [0.05, 0.1) is 17.2 Å². The van der Waals surface area contributed by atoms with Crippen LogP contribution in [-0.4, -0.2) is 33.4 Å². The van der Waals surface area contributed by atoms with Crippen molar-refractivity contribution in [2.75, 3.05) is 12.4 Å². The van der Waals surface area contributed by atoms with E-state index in [0.717, 1.165) is 27.7 Å². The van der Waals surface area contributed by atoms with E-state index in [1.807, 2.05) is 31.2 Å². The maximum atomic E-state index is 7.51. The number of hydrogen-bond donors (Lipinski definition) is 3. The van der Waals surface area contributed by atoms with Gasteiger partial charge in [-0.1, -0.05) is 0 Å². The molecular formula is C17H17N7. The summed E-state index contributed by atoms with van der Waals surface area (Å²) in [6, 6.07) is 7.54. The predicted molar refractivity (Wildman–Crippen MR) is 95.4 cm³/mol. The van der Waals surface area contributed by atoms with Crippen LogP contribution in [0.4, 0.5) is 11.6 Å². The summed E-state index contributed by atoms with van der Waals surface area (Å²) in [6.07, 6.45) is 6.42. The smallest absolute Gasteiger partial charge is 0.157 e. The van der Waals surface area contributed by atoms with Gasteiger partial charge >= 0.3 is 0 Å². The number of nitrogens with one attached hydrogen (secondary N) is 3. The van der Waals surface area contributed by atoms with Gasteiger partial charge in [0.1, 0.15) is 5.82 Å².